The minimum atomic E-state index is -3.78. The predicted octanol–water partition coefficient (Wildman–Crippen LogP) is 2.64. The third-order valence-corrected chi connectivity index (χ3v) is 6.18. The highest BCUT2D eigenvalue weighted by Crippen LogP contribution is 2.69. The monoisotopic (exact) mass is 482 g/mol. The molecule has 2 aromatic carbocycles. The van der Waals surface area contributed by atoms with Crippen LogP contribution in [0.1, 0.15) is 19.3 Å². The maximum absolute atomic E-state index is 13.2. The Balaban J connectivity index is 1.17. The predicted molar refractivity (Wildman–Crippen MR) is 105 cm³/mol. The number of benzene rings is 2. The normalized spacial score (nSPS) is 26.0. The first-order valence-corrected chi connectivity index (χ1v) is 10.2. The van der Waals surface area contributed by atoms with Gasteiger partial charge in [-0.25, -0.2) is 8.78 Å². The first-order valence-electron chi connectivity index (χ1n) is 10.2. The molecule has 1 aliphatic heterocycles. The number of ether oxygens (including phenoxy) is 4. The lowest BCUT2D eigenvalue weighted by Crippen LogP contribution is -2.80. The largest absolute Gasteiger partial charge is 0.586 e. The number of hydrogen-bond acceptors (Lipinski definition) is 6. The van der Waals surface area contributed by atoms with Gasteiger partial charge in [-0.3, -0.25) is 9.59 Å². The molecule has 180 valence electrons. The first-order chi connectivity index (χ1) is 16.0. The Hall–Kier alpha value is -3.70. The summed E-state index contributed by atoms with van der Waals surface area (Å²) in [5, 5.41) is 2.82. The second kappa shape index (κ2) is 7.40. The molecule has 1 heterocycles. The van der Waals surface area contributed by atoms with Gasteiger partial charge in [-0.05, 0) is 43.5 Å². The van der Waals surface area contributed by atoms with E-state index in [-0.39, 0.29) is 23.0 Å². The molecule has 12 heteroatoms. The number of nitrogens with two attached hydrogens (primary N) is 1. The van der Waals surface area contributed by atoms with E-state index in [0.717, 1.165) is 12.1 Å². The number of carbonyl (C=O) groups excluding carboxylic acids is 2. The number of amides is 2. The quantitative estimate of drug-likeness (QED) is 0.560. The number of nitrogens with one attached hydrogen (secondary N) is 1. The van der Waals surface area contributed by atoms with Gasteiger partial charge in [-0.2, -0.15) is 0 Å². The van der Waals surface area contributed by atoms with Crippen LogP contribution in [0.2, 0.25) is 0 Å². The van der Waals surface area contributed by atoms with E-state index in [1.165, 1.54) is 24.3 Å². The average Bonchev–Trinajstić information content (AvgIpc) is 3.02. The molecule has 34 heavy (non-hydrogen) atoms. The number of halogens is 4. The van der Waals surface area contributed by atoms with Crippen LogP contribution in [0.25, 0.3) is 0 Å². The molecule has 3 saturated carbocycles. The van der Waals surface area contributed by atoms with E-state index in [2.05, 4.69) is 14.8 Å². The van der Waals surface area contributed by atoms with E-state index in [9.17, 15) is 27.2 Å². The lowest BCUT2D eigenvalue weighted by Gasteiger charge is -2.71. The van der Waals surface area contributed by atoms with Gasteiger partial charge in [0, 0.05) is 23.1 Å². The number of rotatable bonds is 8. The van der Waals surface area contributed by atoms with Gasteiger partial charge in [0.05, 0.1) is 0 Å². The highest BCUT2D eigenvalue weighted by Gasteiger charge is 2.73. The van der Waals surface area contributed by atoms with Crippen molar-refractivity contribution in [1.29, 1.82) is 0 Å². The lowest BCUT2D eigenvalue weighted by atomic mass is 9.37. The van der Waals surface area contributed by atoms with Crippen LogP contribution in [-0.4, -0.2) is 36.4 Å². The van der Waals surface area contributed by atoms with Gasteiger partial charge >= 0.3 is 6.29 Å². The van der Waals surface area contributed by atoms with Crippen molar-refractivity contribution >= 4 is 11.8 Å². The molecular weight excluding hydrogens is 464 g/mol. The van der Waals surface area contributed by atoms with Crippen LogP contribution in [0.5, 0.6) is 23.0 Å². The highest BCUT2D eigenvalue weighted by atomic mass is 19.3. The van der Waals surface area contributed by atoms with Crippen LogP contribution in [0, 0.1) is 17.0 Å². The summed E-state index contributed by atoms with van der Waals surface area (Å²) < 4.78 is 72.3. The van der Waals surface area contributed by atoms with Crippen molar-refractivity contribution in [3.05, 3.63) is 48.0 Å². The van der Waals surface area contributed by atoms with Crippen LogP contribution in [0.4, 0.5) is 17.6 Å². The molecule has 0 saturated heterocycles. The summed E-state index contributed by atoms with van der Waals surface area (Å²) >= 11 is 0. The fraction of sp³-hybridized carbons (Fsp3) is 0.364. The van der Waals surface area contributed by atoms with Crippen LogP contribution < -0.4 is 30.0 Å². The fourth-order valence-electron chi connectivity index (χ4n) is 4.95. The molecular formula is C22H18F4N2O6. The Morgan fingerprint density at radius 1 is 1.00 bits per heavy atom. The molecule has 1 atom stereocenters. The summed E-state index contributed by atoms with van der Waals surface area (Å²) in [4.78, 5) is 24.3. The summed E-state index contributed by atoms with van der Waals surface area (Å²) in [6.45, 7) is -0.405. The van der Waals surface area contributed by atoms with Gasteiger partial charge in [0.1, 0.15) is 11.5 Å². The zero-order valence-electron chi connectivity index (χ0n) is 17.4. The Bertz CT molecular complexity index is 1170. The highest BCUT2D eigenvalue weighted by molar-refractivity contribution is 5.83. The molecule has 3 N–H and O–H groups in total. The Morgan fingerprint density at radius 2 is 1.68 bits per heavy atom. The smallest absolute Gasteiger partial charge is 0.484 e. The number of carbonyl (C=O) groups is 2. The molecule has 1 unspecified atom stereocenters. The van der Waals surface area contributed by atoms with Gasteiger partial charge in [0.15, 0.2) is 35.8 Å². The number of primary amides is 1. The van der Waals surface area contributed by atoms with E-state index in [1.807, 2.05) is 0 Å². The maximum Gasteiger partial charge on any atom is 0.586 e. The Morgan fingerprint density at radius 3 is 2.35 bits per heavy atom. The minimum Gasteiger partial charge on any atom is -0.484 e. The van der Waals surface area contributed by atoms with Crippen LogP contribution in [0.15, 0.2) is 36.4 Å². The van der Waals surface area contributed by atoms with Gasteiger partial charge in [-0.15, -0.1) is 8.78 Å². The number of hydrogen-bond donors (Lipinski definition) is 2. The zero-order valence-corrected chi connectivity index (χ0v) is 17.4. The molecule has 8 nitrogen and oxygen atoms in total. The second-order valence-corrected chi connectivity index (χ2v) is 8.76. The van der Waals surface area contributed by atoms with Gasteiger partial charge in [-0.1, -0.05) is 0 Å². The molecule has 2 aromatic rings. The number of alkyl halides is 2. The molecule has 0 aromatic heterocycles. The molecule has 2 bridgehead atoms. The fourth-order valence-corrected chi connectivity index (χ4v) is 4.95. The topological polar surface area (TPSA) is 109 Å². The second-order valence-electron chi connectivity index (χ2n) is 8.76. The third kappa shape index (κ3) is 3.82. The summed E-state index contributed by atoms with van der Waals surface area (Å²) in [5.41, 5.74) is 4.37. The molecule has 3 aliphatic carbocycles. The SMILES string of the molecule is NC(=O)C(Oc1ccc2c(c1)OC(F)(F)O2)C12CC(NC(=O)COc3ccc(F)c(F)c3)(C1)C2. The summed E-state index contributed by atoms with van der Waals surface area (Å²) in [7, 11) is 0. The van der Waals surface area contributed by atoms with Crippen molar-refractivity contribution in [2.24, 2.45) is 11.1 Å². The molecule has 3 fully saturated rings. The number of fused-ring (bicyclic) bond motifs is 1. The van der Waals surface area contributed by atoms with Crippen molar-refractivity contribution in [2.75, 3.05) is 6.61 Å². The minimum absolute atomic E-state index is 0.00629. The van der Waals surface area contributed by atoms with E-state index in [1.54, 1.807) is 0 Å². The van der Waals surface area contributed by atoms with Crippen LogP contribution in [-0.2, 0) is 9.59 Å². The zero-order chi connectivity index (χ0) is 24.3. The van der Waals surface area contributed by atoms with Crippen LogP contribution in [0.3, 0.4) is 0 Å². The molecule has 2 amide bonds. The maximum atomic E-state index is 13.2. The van der Waals surface area contributed by atoms with Gasteiger partial charge in [0.2, 0.25) is 0 Å². The van der Waals surface area contributed by atoms with E-state index < -0.39 is 53.4 Å². The molecule has 6 rings (SSSR count). The van der Waals surface area contributed by atoms with Crippen molar-refractivity contribution in [2.45, 2.75) is 37.2 Å². The van der Waals surface area contributed by atoms with Crippen molar-refractivity contribution in [3.8, 4) is 23.0 Å². The first kappa shape index (κ1) is 22.1. The molecule has 4 aliphatic rings. The third-order valence-electron chi connectivity index (χ3n) is 6.18. The summed E-state index contributed by atoms with van der Waals surface area (Å²) in [6, 6.07) is 6.71. The van der Waals surface area contributed by atoms with Gasteiger partial charge in [0.25, 0.3) is 11.8 Å². The van der Waals surface area contributed by atoms with Crippen molar-refractivity contribution < 1.29 is 46.1 Å². The Kier molecular flexibility index (Phi) is 4.81. The standard InChI is InChI=1S/C22H18F4N2O6/c23-13-3-1-11(5-14(13)24)31-7-17(29)28-21-8-20(9-21,10-21)18(19(27)30)32-12-2-4-15-16(6-12)34-22(25,26)33-15/h1-6,18H,7-10H2,(H2,27,30)(H,28,29). The molecule has 0 radical (unpaired) electrons. The van der Waals surface area contributed by atoms with E-state index >= 15 is 0 Å². The summed E-state index contributed by atoms with van der Waals surface area (Å²) in [6.07, 6.45) is -3.60. The molecule has 0 spiro atoms. The van der Waals surface area contributed by atoms with Gasteiger partial charge < -0.3 is 30.0 Å². The summed E-state index contributed by atoms with van der Waals surface area (Å²) in [5.74, 6) is -3.60. The van der Waals surface area contributed by atoms with E-state index in [4.69, 9.17) is 15.2 Å². The Labute approximate surface area is 189 Å². The van der Waals surface area contributed by atoms with E-state index in [0.29, 0.717) is 19.3 Å². The average molecular weight is 482 g/mol. The lowest BCUT2D eigenvalue weighted by molar-refractivity contribution is -0.286. The van der Waals surface area contributed by atoms with Crippen molar-refractivity contribution in [3.63, 3.8) is 0 Å². The van der Waals surface area contributed by atoms with Crippen LogP contribution >= 0.6 is 0 Å². The van der Waals surface area contributed by atoms with Crippen molar-refractivity contribution in [1.82, 2.24) is 5.32 Å².